The molecule has 2 rings (SSSR count). The van der Waals surface area contributed by atoms with Crippen LogP contribution in [0.2, 0.25) is 0 Å². The van der Waals surface area contributed by atoms with Crippen LogP contribution in [0.1, 0.15) is 24.1 Å². The first kappa shape index (κ1) is 15.8. The summed E-state index contributed by atoms with van der Waals surface area (Å²) in [6.45, 7) is 1.26. The SMILES string of the molecule is O=C(Cc1ccc(S(=O)(=O)Cl)s1)NCC1CCCCO1. The van der Waals surface area contributed by atoms with Gasteiger partial charge in [-0.25, -0.2) is 8.42 Å². The second-order valence-electron chi connectivity index (χ2n) is 4.63. The Morgan fingerprint density at radius 3 is 2.85 bits per heavy atom. The minimum atomic E-state index is -3.71. The molecule has 0 aromatic carbocycles. The van der Waals surface area contributed by atoms with Gasteiger partial charge in [-0.15, -0.1) is 11.3 Å². The second kappa shape index (κ2) is 6.89. The molecular weight excluding hydrogens is 322 g/mol. The molecule has 0 spiro atoms. The largest absolute Gasteiger partial charge is 0.376 e. The third-order valence-electron chi connectivity index (χ3n) is 3.01. The summed E-state index contributed by atoms with van der Waals surface area (Å²) in [4.78, 5) is 12.4. The van der Waals surface area contributed by atoms with E-state index in [0.717, 1.165) is 37.2 Å². The van der Waals surface area contributed by atoms with E-state index in [1.807, 2.05) is 0 Å². The Balaban J connectivity index is 1.80. The Hall–Kier alpha value is -0.630. The standard InChI is InChI=1S/C12H16ClNO4S2/c13-20(16,17)12-5-4-10(19-12)7-11(15)14-8-9-3-1-2-6-18-9/h4-5,9H,1-3,6-8H2,(H,14,15). The van der Waals surface area contributed by atoms with Crippen molar-refractivity contribution in [3.8, 4) is 0 Å². The molecule has 1 saturated heterocycles. The monoisotopic (exact) mass is 337 g/mol. The number of hydrogen-bond donors (Lipinski definition) is 1. The molecule has 0 radical (unpaired) electrons. The second-order valence-corrected chi connectivity index (χ2v) is 8.59. The van der Waals surface area contributed by atoms with E-state index in [0.29, 0.717) is 11.4 Å². The average Bonchev–Trinajstić information content (AvgIpc) is 2.86. The molecule has 1 atom stereocenters. The number of carbonyl (C=O) groups excluding carboxylic acids is 1. The fourth-order valence-corrected chi connectivity index (χ4v) is 4.12. The predicted octanol–water partition coefficient (Wildman–Crippen LogP) is 1.90. The lowest BCUT2D eigenvalue weighted by Gasteiger charge is -2.22. The number of hydrogen-bond acceptors (Lipinski definition) is 5. The quantitative estimate of drug-likeness (QED) is 0.833. The molecule has 1 amide bonds. The van der Waals surface area contributed by atoms with Gasteiger partial charge in [0.2, 0.25) is 5.91 Å². The molecule has 2 heterocycles. The van der Waals surface area contributed by atoms with Gasteiger partial charge in [0.25, 0.3) is 9.05 Å². The summed E-state index contributed by atoms with van der Waals surface area (Å²) in [5, 5.41) is 2.81. The van der Waals surface area contributed by atoms with Gasteiger partial charge >= 0.3 is 0 Å². The number of ether oxygens (including phenoxy) is 1. The first-order valence-corrected chi connectivity index (χ1v) is 9.49. The first-order valence-electron chi connectivity index (χ1n) is 6.37. The fraction of sp³-hybridized carbons (Fsp3) is 0.583. The highest BCUT2D eigenvalue weighted by molar-refractivity contribution is 8.15. The van der Waals surface area contributed by atoms with Gasteiger partial charge in [-0.1, -0.05) is 0 Å². The number of nitrogens with one attached hydrogen (secondary N) is 1. The Kier molecular flexibility index (Phi) is 5.42. The van der Waals surface area contributed by atoms with Gasteiger partial charge in [-0.2, -0.15) is 0 Å². The maximum Gasteiger partial charge on any atom is 0.270 e. The van der Waals surface area contributed by atoms with Crippen LogP contribution in [-0.2, 0) is 25.0 Å². The van der Waals surface area contributed by atoms with E-state index in [4.69, 9.17) is 15.4 Å². The Bertz CT molecular complexity index is 564. The van der Waals surface area contributed by atoms with Gasteiger partial charge in [-0.05, 0) is 31.4 Å². The molecule has 0 saturated carbocycles. The number of rotatable bonds is 5. The fourth-order valence-electron chi connectivity index (χ4n) is 2.00. The van der Waals surface area contributed by atoms with Gasteiger partial charge in [0.15, 0.2) is 0 Å². The third-order valence-corrected chi connectivity index (χ3v) is 6.19. The molecule has 1 fully saturated rings. The molecule has 8 heteroatoms. The molecule has 5 nitrogen and oxygen atoms in total. The molecule has 1 aliphatic heterocycles. The normalized spacial score (nSPS) is 19.8. The topological polar surface area (TPSA) is 72.5 Å². The van der Waals surface area contributed by atoms with Crippen molar-refractivity contribution in [2.24, 2.45) is 0 Å². The predicted molar refractivity (Wildman–Crippen MR) is 77.7 cm³/mol. The number of carbonyl (C=O) groups is 1. The van der Waals surface area contributed by atoms with Crippen molar-refractivity contribution >= 4 is 37.0 Å². The first-order chi connectivity index (χ1) is 9.45. The summed E-state index contributed by atoms with van der Waals surface area (Å²) in [5.74, 6) is -0.139. The minimum Gasteiger partial charge on any atom is -0.376 e. The van der Waals surface area contributed by atoms with Crippen molar-refractivity contribution in [1.82, 2.24) is 5.32 Å². The van der Waals surface area contributed by atoms with E-state index in [-0.39, 0.29) is 22.6 Å². The molecule has 0 bridgehead atoms. The van der Waals surface area contributed by atoms with Crippen LogP contribution in [0.3, 0.4) is 0 Å². The summed E-state index contributed by atoms with van der Waals surface area (Å²) < 4.78 is 27.8. The molecular formula is C12H16ClNO4S2. The van der Waals surface area contributed by atoms with Crippen LogP contribution >= 0.6 is 22.0 Å². The van der Waals surface area contributed by atoms with Crippen LogP contribution in [0.5, 0.6) is 0 Å². The van der Waals surface area contributed by atoms with E-state index in [2.05, 4.69) is 5.32 Å². The van der Waals surface area contributed by atoms with Gasteiger partial charge in [0, 0.05) is 28.7 Å². The van der Waals surface area contributed by atoms with Crippen LogP contribution < -0.4 is 5.32 Å². The molecule has 1 aromatic rings. The Labute approximate surface area is 126 Å². The molecule has 20 heavy (non-hydrogen) atoms. The van der Waals surface area contributed by atoms with Crippen molar-refractivity contribution in [1.29, 1.82) is 0 Å². The van der Waals surface area contributed by atoms with E-state index >= 15 is 0 Å². The van der Waals surface area contributed by atoms with Gasteiger partial charge in [-0.3, -0.25) is 4.79 Å². The molecule has 1 aliphatic rings. The lowest BCUT2D eigenvalue weighted by molar-refractivity contribution is -0.121. The van der Waals surface area contributed by atoms with Crippen LogP contribution in [-0.4, -0.2) is 33.6 Å². The van der Waals surface area contributed by atoms with Crippen molar-refractivity contribution in [2.45, 2.75) is 36.0 Å². The van der Waals surface area contributed by atoms with Gasteiger partial charge in [0.05, 0.1) is 12.5 Å². The van der Waals surface area contributed by atoms with Gasteiger partial charge < -0.3 is 10.1 Å². The Morgan fingerprint density at radius 1 is 1.45 bits per heavy atom. The lowest BCUT2D eigenvalue weighted by atomic mass is 10.1. The number of halogens is 1. The highest BCUT2D eigenvalue weighted by atomic mass is 35.7. The minimum absolute atomic E-state index is 0.0672. The smallest absolute Gasteiger partial charge is 0.270 e. The maximum absolute atomic E-state index is 11.8. The Morgan fingerprint density at radius 2 is 2.25 bits per heavy atom. The summed E-state index contributed by atoms with van der Waals surface area (Å²) in [5.41, 5.74) is 0. The summed E-state index contributed by atoms with van der Waals surface area (Å²) in [7, 11) is 1.53. The van der Waals surface area contributed by atoms with E-state index in [1.54, 1.807) is 6.07 Å². The third kappa shape index (κ3) is 4.73. The lowest BCUT2D eigenvalue weighted by Crippen LogP contribution is -2.36. The average molecular weight is 338 g/mol. The van der Waals surface area contributed by atoms with Gasteiger partial charge in [0.1, 0.15) is 4.21 Å². The number of amides is 1. The highest BCUT2D eigenvalue weighted by Gasteiger charge is 2.17. The van der Waals surface area contributed by atoms with E-state index < -0.39 is 9.05 Å². The van der Waals surface area contributed by atoms with Crippen LogP contribution in [0.25, 0.3) is 0 Å². The van der Waals surface area contributed by atoms with E-state index in [1.165, 1.54) is 6.07 Å². The molecule has 112 valence electrons. The van der Waals surface area contributed by atoms with Crippen molar-refractivity contribution in [3.05, 3.63) is 17.0 Å². The van der Waals surface area contributed by atoms with E-state index in [9.17, 15) is 13.2 Å². The van der Waals surface area contributed by atoms with Crippen molar-refractivity contribution in [2.75, 3.05) is 13.2 Å². The molecule has 0 aliphatic carbocycles. The molecule has 1 aromatic heterocycles. The van der Waals surface area contributed by atoms with Crippen molar-refractivity contribution < 1.29 is 17.9 Å². The maximum atomic E-state index is 11.8. The van der Waals surface area contributed by atoms with Crippen LogP contribution in [0.15, 0.2) is 16.3 Å². The summed E-state index contributed by atoms with van der Waals surface area (Å²) >= 11 is 1.02. The molecule has 1 N–H and O–H groups in total. The molecule has 1 unspecified atom stereocenters. The van der Waals surface area contributed by atoms with Crippen LogP contribution in [0.4, 0.5) is 0 Å². The summed E-state index contributed by atoms with van der Waals surface area (Å²) in [6, 6.07) is 3.02. The zero-order chi connectivity index (χ0) is 14.6. The van der Waals surface area contributed by atoms with Crippen molar-refractivity contribution in [3.63, 3.8) is 0 Å². The number of thiophene rings is 1. The van der Waals surface area contributed by atoms with Crippen LogP contribution in [0, 0.1) is 0 Å². The summed E-state index contributed by atoms with van der Waals surface area (Å²) in [6.07, 6.45) is 3.42. The zero-order valence-corrected chi connectivity index (χ0v) is 13.2. The zero-order valence-electron chi connectivity index (χ0n) is 10.8. The highest BCUT2D eigenvalue weighted by Crippen LogP contribution is 2.25.